The number of amides is 2. The largest absolute Gasteiger partial charge is 0.483 e. The van der Waals surface area contributed by atoms with Gasteiger partial charge in [-0.15, -0.1) is 0 Å². The Bertz CT molecular complexity index is 880. The van der Waals surface area contributed by atoms with Crippen LogP contribution < -0.4 is 15.4 Å². The van der Waals surface area contributed by atoms with Crippen LogP contribution in [-0.2, 0) is 9.59 Å². The lowest BCUT2D eigenvalue weighted by atomic mass is 10.1. The summed E-state index contributed by atoms with van der Waals surface area (Å²) in [6.07, 6.45) is 0. The predicted molar refractivity (Wildman–Crippen MR) is 99.5 cm³/mol. The van der Waals surface area contributed by atoms with Gasteiger partial charge in [-0.25, -0.2) is 4.39 Å². The number of hydrogen-bond donors (Lipinski definition) is 2. The zero-order valence-electron chi connectivity index (χ0n) is 15.4. The molecule has 0 spiro atoms. The highest BCUT2D eigenvalue weighted by atomic mass is 19.1. The number of halogens is 1. The minimum atomic E-state index is -0.569. The molecule has 2 aromatic carbocycles. The van der Waals surface area contributed by atoms with Crippen molar-refractivity contribution in [3.63, 3.8) is 0 Å². The van der Waals surface area contributed by atoms with Gasteiger partial charge in [0.2, 0.25) is 5.91 Å². The van der Waals surface area contributed by atoms with Gasteiger partial charge in [0.15, 0.2) is 12.4 Å². The van der Waals surface area contributed by atoms with E-state index >= 15 is 0 Å². The number of carbonyl (C=O) groups is 3. The number of nitrogens with one attached hydrogen (secondary N) is 2. The number of hydrogen-bond acceptors (Lipinski definition) is 4. The number of ether oxygens (including phenoxy) is 1. The van der Waals surface area contributed by atoms with Crippen LogP contribution in [0.5, 0.6) is 5.75 Å². The topological polar surface area (TPSA) is 84.5 Å². The van der Waals surface area contributed by atoms with Gasteiger partial charge >= 0.3 is 0 Å². The molecule has 0 fully saturated rings. The normalized spacial score (nSPS) is 10.2. The summed E-state index contributed by atoms with van der Waals surface area (Å²) in [4.78, 5) is 35.4. The van der Waals surface area contributed by atoms with Crippen molar-refractivity contribution >= 4 is 23.3 Å². The molecule has 0 atom stereocenters. The van der Waals surface area contributed by atoms with Crippen molar-refractivity contribution < 1.29 is 23.5 Å². The van der Waals surface area contributed by atoms with E-state index in [1.54, 1.807) is 6.07 Å². The van der Waals surface area contributed by atoms with Crippen LogP contribution in [0.3, 0.4) is 0 Å². The first-order chi connectivity index (χ1) is 12.8. The predicted octanol–water partition coefficient (Wildman–Crippen LogP) is 2.78. The second-order valence-corrected chi connectivity index (χ2v) is 6.06. The summed E-state index contributed by atoms with van der Waals surface area (Å²) in [6, 6.07) is 9.02. The molecule has 6 nitrogen and oxygen atoms in total. The summed E-state index contributed by atoms with van der Waals surface area (Å²) in [5.41, 5.74) is 2.73. The molecule has 2 N–H and O–H groups in total. The van der Waals surface area contributed by atoms with Gasteiger partial charge in [0, 0.05) is 5.69 Å². The first kappa shape index (κ1) is 20.1. The van der Waals surface area contributed by atoms with Crippen molar-refractivity contribution in [2.45, 2.75) is 20.8 Å². The molecule has 7 heteroatoms. The lowest BCUT2D eigenvalue weighted by molar-refractivity contribution is -0.125. The van der Waals surface area contributed by atoms with Crippen molar-refractivity contribution in [3.8, 4) is 5.75 Å². The Kier molecular flexibility index (Phi) is 6.65. The van der Waals surface area contributed by atoms with Crippen molar-refractivity contribution in [1.82, 2.24) is 5.32 Å². The van der Waals surface area contributed by atoms with E-state index in [4.69, 9.17) is 4.74 Å². The second kappa shape index (κ2) is 8.93. The van der Waals surface area contributed by atoms with Crippen LogP contribution in [0.15, 0.2) is 36.4 Å². The zero-order chi connectivity index (χ0) is 20.0. The Morgan fingerprint density at radius 1 is 1.07 bits per heavy atom. The number of ketones is 1. The number of anilines is 1. The molecule has 0 aliphatic heterocycles. The molecule has 142 valence electrons. The third kappa shape index (κ3) is 5.64. The fraction of sp³-hybridized carbons (Fsp3) is 0.250. The van der Waals surface area contributed by atoms with E-state index in [2.05, 4.69) is 10.6 Å². The van der Waals surface area contributed by atoms with Gasteiger partial charge in [0.1, 0.15) is 11.6 Å². The molecule has 0 aliphatic carbocycles. The average molecular weight is 372 g/mol. The van der Waals surface area contributed by atoms with E-state index in [0.29, 0.717) is 5.69 Å². The molecule has 0 bridgehead atoms. The van der Waals surface area contributed by atoms with Crippen LogP contribution in [0.2, 0.25) is 0 Å². The number of benzene rings is 2. The Balaban J connectivity index is 1.85. The first-order valence-electron chi connectivity index (χ1n) is 8.34. The number of aryl methyl sites for hydroxylation is 1. The average Bonchev–Trinajstić information content (AvgIpc) is 2.62. The van der Waals surface area contributed by atoms with Gasteiger partial charge in [-0.1, -0.05) is 12.1 Å². The molecule has 0 radical (unpaired) electrons. The fourth-order valence-corrected chi connectivity index (χ4v) is 2.36. The molecule has 27 heavy (non-hydrogen) atoms. The van der Waals surface area contributed by atoms with Crippen molar-refractivity contribution in [2.75, 3.05) is 18.5 Å². The molecule has 0 aromatic heterocycles. The summed E-state index contributed by atoms with van der Waals surface area (Å²) < 4.78 is 18.5. The Morgan fingerprint density at radius 3 is 2.52 bits per heavy atom. The van der Waals surface area contributed by atoms with Gasteiger partial charge in [0.25, 0.3) is 5.91 Å². The van der Waals surface area contributed by atoms with Crippen LogP contribution in [0, 0.1) is 19.7 Å². The molecule has 0 saturated heterocycles. The minimum Gasteiger partial charge on any atom is -0.483 e. The molecule has 0 unspecified atom stereocenters. The summed E-state index contributed by atoms with van der Waals surface area (Å²) in [5.74, 6) is -1.75. The van der Waals surface area contributed by atoms with Crippen LogP contribution >= 0.6 is 0 Å². The van der Waals surface area contributed by atoms with Gasteiger partial charge < -0.3 is 15.4 Å². The van der Waals surface area contributed by atoms with Crippen LogP contribution in [-0.4, -0.2) is 30.7 Å². The first-order valence-corrected chi connectivity index (χ1v) is 8.34. The van der Waals surface area contributed by atoms with Crippen molar-refractivity contribution in [3.05, 3.63) is 58.9 Å². The number of rotatable bonds is 7. The Labute approximate surface area is 156 Å². The highest BCUT2D eigenvalue weighted by Crippen LogP contribution is 2.20. The highest BCUT2D eigenvalue weighted by Gasteiger charge is 2.13. The summed E-state index contributed by atoms with van der Waals surface area (Å²) in [5, 5.41) is 5.16. The van der Waals surface area contributed by atoms with Crippen molar-refractivity contribution in [1.29, 1.82) is 0 Å². The molecular weight excluding hydrogens is 351 g/mol. The third-order valence-corrected chi connectivity index (χ3v) is 4.00. The maximum absolute atomic E-state index is 13.2. The molecule has 2 rings (SSSR count). The Hall–Kier alpha value is -3.22. The molecule has 0 aliphatic rings. The maximum atomic E-state index is 13.2. The lowest BCUT2D eigenvalue weighted by Crippen LogP contribution is -2.36. The standard InChI is InChI=1S/C20H21FN2O4/c1-12-5-4-6-17(13(12)2)23-19(25)10-22-20(26)11-27-18-8-7-15(21)9-16(18)14(3)24/h4-9H,10-11H2,1-3H3,(H,22,26)(H,23,25). The smallest absolute Gasteiger partial charge is 0.258 e. The monoisotopic (exact) mass is 372 g/mol. The van der Waals surface area contributed by atoms with Gasteiger partial charge in [0.05, 0.1) is 12.1 Å². The van der Waals surface area contributed by atoms with E-state index in [-0.39, 0.29) is 29.5 Å². The van der Waals surface area contributed by atoms with Crippen LogP contribution in [0.25, 0.3) is 0 Å². The van der Waals surface area contributed by atoms with E-state index < -0.39 is 18.3 Å². The van der Waals surface area contributed by atoms with Gasteiger partial charge in [-0.3, -0.25) is 14.4 Å². The van der Waals surface area contributed by atoms with E-state index in [1.807, 2.05) is 26.0 Å². The number of Topliss-reactive ketones (excluding diaryl/α,β-unsaturated/α-hetero) is 1. The van der Waals surface area contributed by atoms with Gasteiger partial charge in [-0.05, 0) is 56.2 Å². The fourth-order valence-electron chi connectivity index (χ4n) is 2.36. The molecular formula is C20H21FN2O4. The second-order valence-electron chi connectivity index (χ2n) is 6.06. The number of carbonyl (C=O) groups excluding carboxylic acids is 3. The quantitative estimate of drug-likeness (QED) is 0.732. The third-order valence-electron chi connectivity index (χ3n) is 4.00. The highest BCUT2D eigenvalue weighted by molar-refractivity contribution is 5.97. The van der Waals surface area contributed by atoms with Gasteiger partial charge in [-0.2, -0.15) is 0 Å². The Morgan fingerprint density at radius 2 is 1.81 bits per heavy atom. The van der Waals surface area contributed by atoms with E-state index in [9.17, 15) is 18.8 Å². The maximum Gasteiger partial charge on any atom is 0.258 e. The molecule has 0 saturated carbocycles. The SMILES string of the molecule is CC(=O)c1cc(F)ccc1OCC(=O)NCC(=O)Nc1cccc(C)c1C. The van der Waals surface area contributed by atoms with E-state index in [1.165, 1.54) is 13.0 Å². The molecule has 0 heterocycles. The summed E-state index contributed by atoms with van der Waals surface area (Å²) in [7, 11) is 0. The van der Waals surface area contributed by atoms with Crippen molar-refractivity contribution in [2.24, 2.45) is 0 Å². The molecule has 2 aromatic rings. The van der Waals surface area contributed by atoms with Crippen LogP contribution in [0.4, 0.5) is 10.1 Å². The molecule has 2 amide bonds. The summed E-state index contributed by atoms with van der Waals surface area (Å²) in [6.45, 7) is 4.49. The zero-order valence-corrected chi connectivity index (χ0v) is 15.4. The lowest BCUT2D eigenvalue weighted by Gasteiger charge is -2.12. The summed E-state index contributed by atoms with van der Waals surface area (Å²) >= 11 is 0. The minimum absolute atomic E-state index is 0.0514. The van der Waals surface area contributed by atoms with Crippen LogP contribution in [0.1, 0.15) is 28.4 Å². The van der Waals surface area contributed by atoms with E-state index in [0.717, 1.165) is 23.3 Å².